The van der Waals surface area contributed by atoms with E-state index in [0.717, 1.165) is 32.5 Å². The molecular formula is C19H22Cl2N6O. The van der Waals surface area contributed by atoms with E-state index in [0.29, 0.717) is 28.7 Å². The molecule has 7 nitrogen and oxygen atoms in total. The number of nitrogens with zero attached hydrogens (tertiary/aromatic N) is 4. The predicted molar refractivity (Wildman–Crippen MR) is 113 cm³/mol. The summed E-state index contributed by atoms with van der Waals surface area (Å²) < 4.78 is 0. The lowest BCUT2D eigenvalue weighted by Crippen LogP contribution is -2.54. The van der Waals surface area contributed by atoms with Crippen molar-refractivity contribution in [3.8, 4) is 5.75 Å². The molecule has 2 heterocycles. The van der Waals surface area contributed by atoms with Crippen molar-refractivity contribution in [1.29, 1.82) is 5.41 Å². The Bertz CT molecular complexity index is 923. The topological polar surface area (TPSA) is 88.4 Å². The fourth-order valence-corrected chi connectivity index (χ4v) is 4.22. The molecule has 1 aromatic carbocycles. The van der Waals surface area contributed by atoms with Gasteiger partial charge in [0.2, 0.25) is 5.95 Å². The Labute approximate surface area is 173 Å². The lowest BCUT2D eigenvalue weighted by molar-refractivity contribution is 0.254. The van der Waals surface area contributed by atoms with Crippen molar-refractivity contribution in [2.45, 2.75) is 25.3 Å². The van der Waals surface area contributed by atoms with Gasteiger partial charge in [-0.1, -0.05) is 23.2 Å². The first-order valence-electron chi connectivity index (χ1n) is 9.13. The number of hydrogen-bond donors (Lipinski definition) is 3. The smallest absolute Gasteiger partial charge is 0.226 e. The van der Waals surface area contributed by atoms with Gasteiger partial charge in [-0.3, -0.25) is 0 Å². The molecule has 1 saturated heterocycles. The van der Waals surface area contributed by atoms with Gasteiger partial charge in [-0.2, -0.15) is 0 Å². The van der Waals surface area contributed by atoms with Crippen molar-refractivity contribution in [3.05, 3.63) is 34.1 Å². The quantitative estimate of drug-likeness (QED) is 0.513. The van der Waals surface area contributed by atoms with E-state index in [1.807, 2.05) is 0 Å². The number of hydrogen-bond acceptors (Lipinski definition) is 7. The number of benzene rings is 1. The second kappa shape index (κ2) is 7.06. The number of nitrogens with one attached hydrogen (secondary N) is 2. The maximum atomic E-state index is 9.73. The largest absolute Gasteiger partial charge is 0.505 e. The van der Waals surface area contributed by atoms with Crippen LogP contribution in [0.3, 0.4) is 0 Å². The molecule has 2 aromatic rings. The Balaban J connectivity index is 1.66. The number of halogens is 2. The van der Waals surface area contributed by atoms with Crippen molar-refractivity contribution in [2.24, 2.45) is 0 Å². The van der Waals surface area contributed by atoms with Crippen LogP contribution in [0.2, 0.25) is 10.0 Å². The number of phenols is 1. The van der Waals surface area contributed by atoms with Crippen molar-refractivity contribution in [1.82, 2.24) is 14.9 Å². The number of aromatic hydroxyl groups is 1. The molecule has 9 heteroatoms. The monoisotopic (exact) mass is 420 g/mol. The SMILES string of the molecule is CC(=N)c1nc(N2CCN(C)CC23CC3)ncc1Nc1cc(Cl)c(O)c(Cl)c1. The third kappa shape index (κ3) is 3.50. The summed E-state index contributed by atoms with van der Waals surface area (Å²) in [6.45, 7) is 4.56. The molecule has 1 aromatic heterocycles. The van der Waals surface area contributed by atoms with E-state index in [9.17, 15) is 5.11 Å². The maximum absolute atomic E-state index is 9.73. The van der Waals surface area contributed by atoms with Crippen molar-refractivity contribution < 1.29 is 5.11 Å². The zero-order chi connectivity index (χ0) is 20.1. The molecule has 2 aliphatic rings. The molecule has 0 radical (unpaired) electrons. The van der Waals surface area contributed by atoms with Gasteiger partial charge in [0.1, 0.15) is 5.69 Å². The maximum Gasteiger partial charge on any atom is 0.226 e. The Morgan fingerprint density at radius 1 is 1.25 bits per heavy atom. The third-order valence-corrected chi connectivity index (χ3v) is 5.91. The molecule has 28 heavy (non-hydrogen) atoms. The predicted octanol–water partition coefficient (Wildman–Crippen LogP) is 3.90. The van der Waals surface area contributed by atoms with E-state index in [-0.39, 0.29) is 21.3 Å². The summed E-state index contributed by atoms with van der Waals surface area (Å²) in [6.07, 6.45) is 3.98. The third-order valence-electron chi connectivity index (χ3n) is 5.34. The standard InChI is InChI=1S/C19H22Cl2N6O/c1-11(22)16-15(24-12-7-13(20)17(28)14(21)8-12)9-23-18(25-16)27-6-5-26(2)10-19(27)3-4-19/h7-9,22,24,28H,3-6,10H2,1-2H3. The summed E-state index contributed by atoms with van der Waals surface area (Å²) in [4.78, 5) is 13.9. The second-order valence-electron chi connectivity index (χ2n) is 7.58. The molecule has 148 valence electrons. The molecule has 0 unspecified atom stereocenters. The minimum Gasteiger partial charge on any atom is -0.505 e. The second-order valence-corrected chi connectivity index (χ2v) is 8.40. The van der Waals surface area contributed by atoms with E-state index < -0.39 is 0 Å². The van der Waals surface area contributed by atoms with Gasteiger partial charge in [0.05, 0.1) is 33.2 Å². The van der Waals surface area contributed by atoms with Gasteiger partial charge in [-0.05, 0) is 38.9 Å². The van der Waals surface area contributed by atoms with Crippen LogP contribution >= 0.6 is 23.2 Å². The Morgan fingerprint density at radius 2 is 1.93 bits per heavy atom. The van der Waals surface area contributed by atoms with Crippen LogP contribution in [0.5, 0.6) is 5.75 Å². The summed E-state index contributed by atoms with van der Waals surface area (Å²) >= 11 is 12.0. The fraction of sp³-hybridized carbons (Fsp3) is 0.421. The molecule has 1 saturated carbocycles. The zero-order valence-corrected chi connectivity index (χ0v) is 17.3. The van der Waals surface area contributed by atoms with Gasteiger partial charge < -0.3 is 25.6 Å². The summed E-state index contributed by atoms with van der Waals surface area (Å²) in [5.41, 5.74) is 2.17. The highest BCUT2D eigenvalue weighted by molar-refractivity contribution is 6.37. The summed E-state index contributed by atoms with van der Waals surface area (Å²) in [7, 11) is 2.15. The zero-order valence-electron chi connectivity index (χ0n) is 15.8. The molecule has 1 aliphatic heterocycles. The van der Waals surface area contributed by atoms with Crippen LogP contribution in [0, 0.1) is 5.41 Å². The minimum atomic E-state index is -0.159. The summed E-state index contributed by atoms with van der Waals surface area (Å²) in [5, 5.41) is 21.4. The van der Waals surface area contributed by atoms with Crippen molar-refractivity contribution in [2.75, 3.05) is 36.9 Å². The van der Waals surface area contributed by atoms with E-state index in [1.54, 1.807) is 25.3 Å². The summed E-state index contributed by atoms with van der Waals surface area (Å²) in [6, 6.07) is 3.14. The van der Waals surface area contributed by atoms with Gasteiger partial charge in [0, 0.05) is 25.3 Å². The van der Waals surface area contributed by atoms with Gasteiger partial charge in [-0.25, -0.2) is 9.97 Å². The van der Waals surface area contributed by atoms with Crippen molar-refractivity contribution >= 4 is 46.2 Å². The van der Waals surface area contributed by atoms with E-state index in [1.165, 1.54) is 0 Å². The number of rotatable bonds is 4. The number of piperazine rings is 1. The van der Waals surface area contributed by atoms with Crippen LogP contribution in [-0.2, 0) is 0 Å². The van der Waals surface area contributed by atoms with Crippen LogP contribution < -0.4 is 10.2 Å². The molecule has 3 N–H and O–H groups in total. The number of anilines is 3. The highest BCUT2D eigenvalue weighted by Crippen LogP contribution is 2.45. The van der Waals surface area contributed by atoms with Gasteiger partial charge >= 0.3 is 0 Å². The van der Waals surface area contributed by atoms with E-state index in [4.69, 9.17) is 33.6 Å². The van der Waals surface area contributed by atoms with Crippen molar-refractivity contribution in [3.63, 3.8) is 0 Å². The van der Waals surface area contributed by atoms with Crippen LogP contribution in [0.15, 0.2) is 18.3 Å². The van der Waals surface area contributed by atoms with Crippen LogP contribution in [-0.4, -0.2) is 57.9 Å². The molecule has 0 bridgehead atoms. The van der Waals surface area contributed by atoms with Crippen LogP contribution in [0.1, 0.15) is 25.5 Å². The van der Waals surface area contributed by atoms with Gasteiger partial charge in [0.25, 0.3) is 0 Å². The number of likely N-dealkylation sites (N-methyl/N-ethyl adjacent to an activating group) is 1. The summed E-state index contributed by atoms with van der Waals surface area (Å²) in [5.74, 6) is 0.508. The van der Waals surface area contributed by atoms with Gasteiger partial charge in [-0.15, -0.1) is 0 Å². The molecule has 0 atom stereocenters. The van der Waals surface area contributed by atoms with Gasteiger partial charge in [0.15, 0.2) is 5.75 Å². The van der Waals surface area contributed by atoms with Crippen LogP contribution in [0.25, 0.3) is 0 Å². The molecule has 1 spiro atoms. The molecule has 4 rings (SSSR count). The van der Waals surface area contributed by atoms with E-state index in [2.05, 4.69) is 27.1 Å². The highest BCUT2D eigenvalue weighted by Gasteiger charge is 2.51. The fourth-order valence-electron chi connectivity index (χ4n) is 3.73. The van der Waals surface area contributed by atoms with Crippen LogP contribution in [0.4, 0.5) is 17.3 Å². The average molecular weight is 421 g/mol. The lowest BCUT2D eigenvalue weighted by Gasteiger charge is -2.40. The lowest BCUT2D eigenvalue weighted by atomic mass is 10.1. The normalized spacial score (nSPS) is 18.4. The molecular weight excluding hydrogens is 399 g/mol. The highest BCUT2D eigenvalue weighted by atomic mass is 35.5. The number of phenolic OH excluding ortho intramolecular Hbond substituents is 1. The molecule has 0 amide bonds. The average Bonchev–Trinajstić information content (AvgIpc) is 3.39. The Morgan fingerprint density at radius 3 is 2.54 bits per heavy atom. The first-order valence-corrected chi connectivity index (χ1v) is 9.88. The molecule has 2 fully saturated rings. The first-order chi connectivity index (χ1) is 13.3. The number of aromatic nitrogens is 2. The van der Waals surface area contributed by atoms with E-state index >= 15 is 0 Å². The Kier molecular flexibility index (Phi) is 4.85. The minimum absolute atomic E-state index is 0.132. The Hall–Kier alpha value is -2.09. The molecule has 1 aliphatic carbocycles. The first kappa shape index (κ1) is 19.2.